The zero-order valence-electron chi connectivity index (χ0n) is 19.7. The first kappa shape index (κ1) is 27.8. The molecule has 1 aliphatic heterocycles. The number of ether oxygens (including phenoxy) is 1. The molecule has 36 heavy (non-hydrogen) atoms. The van der Waals surface area contributed by atoms with Gasteiger partial charge in [0, 0.05) is 10.2 Å². The molecule has 196 valence electrons. The summed E-state index contributed by atoms with van der Waals surface area (Å²) in [5.41, 5.74) is -1.26. The number of alkyl halides is 5. The lowest BCUT2D eigenvalue weighted by Gasteiger charge is -2.32. The standard InChI is InChI=1S/C25H26F5NO4S/c1-4-24(2,3)20(23(33)34)31-22(32)15-9-10-17-16(11-18(36-17)21(26)27)19(15)35-12-13-5-7-14(8-6-13)25(28,29)30/h5-11,16-17,20-21H,4,12H2,1-3H3,(H,31,32)(H,33,34). The first-order valence-electron chi connectivity index (χ1n) is 11.2. The van der Waals surface area contributed by atoms with Crippen LogP contribution >= 0.6 is 11.8 Å². The Morgan fingerprint density at radius 3 is 2.33 bits per heavy atom. The average Bonchev–Trinajstić information content (AvgIpc) is 3.25. The fourth-order valence-electron chi connectivity index (χ4n) is 3.82. The Kier molecular flexibility index (Phi) is 8.22. The maximum Gasteiger partial charge on any atom is 0.416 e. The quantitative estimate of drug-likeness (QED) is 0.386. The number of fused-ring (bicyclic) bond motifs is 1. The molecule has 2 N–H and O–H groups in total. The van der Waals surface area contributed by atoms with E-state index in [1.165, 1.54) is 24.3 Å². The summed E-state index contributed by atoms with van der Waals surface area (Å²) in [4.78, 5) is 24.9. The molecule has 1 aromatic carbocycles. The van der Waals surface area contributed by atoms with Gasteiger partial charge in [0.05, 0.1) is 17.1 Å². The zero-order valence-corrected chi connectivity index (χ0v) is 20.6. The van der Waals surface area contributed by atoms with Gasteiger partial charge in [-0.3, -0.25) is 4.79 Å². The van der Waals surface area contributed by atoms with Crippen molar-refractivity contribution in [3.8, 4) is 0 Å². The van der Waals surface area contributed by atoms with Crippen LogP contribution in [0.1, 0.15) is 38.3 Å². The number of aliphatic carboxylic acids is 1. The summed E-state index contributed by atoms with van der Waals surface area (Å²) < 4.78 is 71.2. The molecule has 3 unspecified atom stereocenters. The highest BCUT2D eigenvalue weighted by Gasteiger charge is 2.40. The molecule has 1 aromatic rings. The fourth-order valence-corrected chi connectivity index (χ4v) is 4.97. The van der Waals surface area contributed by atoms with Crippen LogP contribution in [0.15, 0.2) is 58.7 Å². The molecule has 0 aromatic heterocycles. The second kappa shape index (κ2) is 10.7. The Hall–Kier alpha value is -2.82. The molecule has 0 spiro atoms. The van der Waals surface area contributed by atoms with Crippen LogP contribution in [0.4, 0.5) is 22.0 Å². The van der Waals surface area contributed by atoms with E-state index in [0.717, 1.165) is 23.9 Å². The maximum absolute atomic E-state index is 13.4. The fraction of sp³-hybridized carbons (Fsp3) is 0.440. The molecule has 0 saturated carbocycles. The average molecular weight is 532 g/mol. The molecule has 3 atom stereocenters. The minimum atomic E-state index is -4.50. The molecule has 0 saturated heterocycles. The summed E-state index contributed by atoms with van der Waals surface area (Å²) in [6.07, 6.45) is -2.46. The van der Waals surface area contributed by atoms with Gasteiger partial charge in [0.25, 0.3) is 12.3 Å². The minimum Gasteiger partial charge on any atom is -0.492 e. The Balaban J connectivity index is 1.93. The topological polar surface area (TPSA) is 75.6 Å². The summed E-state index contributed by atoms with van der Waals surface area (Å²) >= 11 is 0.933. The van der Waals surface area contributed by atoms with E-state index in [4.69, 9.17) is 4.74 Å². The van der Waals surface area contributed by atoms with Gasteiger partial charge in [0.2, 0.25) is 0 Å². The van der Waals surface area contributed by atoms with Crippen LogP contribution in [-0.4, -0.2) is 34.7 Å². The molecule has 0 radical (unpaired) electrons. The molecule has 3 rings (SSSR count). The number of allylic oxidation sites excluding steroid dienone is 2. The molecule has 1 amide bonds. The third-order valence-corrected chi connectivity index (χ3v) is 7.65. The van der Waals surface area contributed by atoms with Crippen molar-refractivity contribution in [2.75, 3.05) is 0 Å². The van der Waals surface area contributed by atoms with Crippen LogP contribution in [0.2, 0.25) is 0 Å². The van der Waals surface area contributed by atoms with Crippen molar-refractivity contribution < 1.29 is 41.4 Å². The summed E-state index contributed by atoms with van der Waals surface area (Å²) in [6, 6.07) is 3.03. The number of benzene rings is 1. The minimum absolute atomic E-state index is 0.0197. The monoisotopic (exact) mass is 531 g/mol. The van der Waals surface area contributed by atoms with E-state index < -0.39 is 52.7 Å². The summed E-state index contributed by atoms with van der Waals surface area (Å²) in [6.45, 7) is 4.96. The predicted molar refractivity (Wildman–Crippen MR) is 125 cm³/mol. The van der Waals surface area contributed by atoms with Crippen LogP contribution in [0.3, 0.4) is 0 Å². The number of carboxylic acid groups (broad SMARTS) is 1. The van der Waals surface area contributed by atoms with Gasteiger partial charge < -0.3 is 15.2 Å². The van der Waals surface area contributed by atoms with E-state index in [1.54, 1.807) is 26.8 Å². The number of thioether (sulfide) groups is 1. The number of carbonyl (C=O) groups excluding carboxylic acids is 1. The van der Waals surface area contributed by atoms with Crippen molar-refractivity contribution in [3.05, 3.63) is 69.9 Å². The van der Waals surface area contributed by atoms with E-state index in [0.29, 0.717) is 12.0 Å². The first-order chi connectivity index (χ1) is 16.7. The van der Waals surface area contributed by atoms with Gasteiger partial charge in [-0.2, -0.15) is 13.2 Å². The van der Waals surface area contributed by atoms with Gasteiger partial charge >= 0.3 is 12.1 Å². The molecule has 1 heterocycles. The van der Waals surface area contributed by atoms with E-state index >= 15 is 0 Å². The van der Waals surface area contributed by atoms with Crippen molar-refractivity contribution in [2.45, 2.75) is 57.7 Å². The zero-order chi connectivity index (χ0) is 26.8. The van der Waals surface area contributed by atoms with E-state index in [9.17, 15) is 36.6 Å². The number of hydrogen-bond acceptors (Lipinski definition) is 4. The lowest BCUT2D eigenvalue weighted by atomic mass is 9.81. The molecule has 11 heteroatoms. The number of hydrogen-bond donors (Lipinski definition) is 2. The highest BCUT2D eigenvalue weighted by Crippen LogP contribution is 2.46. The Bertz CT molecular complexity index is 1090. The van der Waals surface area contributed by atoms with Gasteiger partial charge in [-0.25, -0.2) is 13.6 Å². The maximum atomic E-state index is 13.4. The second-order valence-electron chi connectivity index (χ2n) is 9.19. The number of carboxylic acids is 1. The molecule has 5 nitrogen and oxygen atoms in total. The lowest BCUT2D eigenvalue weighted by molar-refractivity contribution is -0.144. The summed E-state index contributed by atoms with van der Waals surface area (Å²) in [5.74, 6) is -2.63. The number of amides is 1. The molecule has 1 aliphatic carbocycles. The van der Waals surface area contributed by atoms with E-state index in [-0.39, 0.29) is 22.8 Å². The Morgan fingerprint density at radius 1 is 1.17 bits per heavy atom. The van der Waals surface area contributed by atoms with E-state index in [1.807, 2.05) is 0 Å². The number of rotatable bonds is 9. The van der Waals surface area contributed by atoms with Crippen molar-refractivity contribution in [1.82, 2.24) is 5.32 Å². The highest BCUT2D eigenvalue weighted by molar-refractivity contribution is 8.04. The van der Waals surface area contributed by atoms with Gasteiger partial charge in [0.15, 0.2) is 0 Å². The normalized spacial score (nSPS) is 20.8. The lowest BCUT2D eigenvalue weighted by Crippen LogP contribution is -2.50. The van der Waals surface area contributed by atoms with Crippen molar-refractivity contribution in [1.29, 1.82) is 0 Å². The second-order valence-corrected chi connectivity index (χ2v) is 10.4. The largest absolute Gasteiger partial charge is 0.492 e. The van der Waals surface area contributed by atoms with Gasteiger partial charge in [-0.05, 0) is 35.6 Å². The van der Waals surface area contributed by atoms with Crippen molar-refractivity contribution >= 4 is 23.6 Å². The van der Waals surface area contributed by atoms with Gasteiger partial charge in [0.1, 0.15) is 18.4 Å². The highest BCUT2D eigenvalue weighted by atomic mass is 32.2. The van der Waals surface area contributed by atoms with Crippen molar-refractivity contribution in [3.63, 3.8) is 0 Å². The third-order valence-electron chi connectivity index (χ3n) is 6.34. The van der Waals surface area contributed by atoms with Gasteiger partial charge in [-0.15, -0.1) is 11.8 Å². The van der Waals surface area contributed by atoms with Gasteiger partial charge in [-0.1, -0.05) is 45.1 Å². The molecule has 0 fully saturated rings. The summed E-state index contributed by atoms with van der Waals surface area (Å²) in [5, 5.41) is 11.7. The number of nitrogens with one attached hydrogen (secondary N) is 1. The van der Waals surface area contributed by atoms with Crippen LogP contribution < -0.4 is 5.32 Å². The summed E-state index contributed by atoms with van der Waals surface area (Å²) in [7, 11) is 0. The van der Waals surface area contributed by atoms with E-state index in [2.05, 4.69) is 5.32 Å². The van der Waals surface area contributed by atoms with Crippen LogP contribution in [0.25, 0.3) is 0 Å². The molecular weight excluding hydrogens is 505 g/mol. The smallest absolute Gasteiger partial charge is 0.416 e. The Morgan fingerprint density at radius 2 is 1.81 bits per heavy atom. The van der Waals surface area contributed by atoms with Crippen LogP contribution in [0, 0.1) is 11.3 Å². The Labute approximate surface area is 209 Å². The number of halogens is 5. The van der Waals surface area contributed by atoms with Crippen LogP contribution in [-0.2, 0) is 27.1 Å². The predicted octanol–water partition coefficient (Wildman–Crippen LogP) is 5.93. The molecule has 0 bridgehead atoms. The first-order valence-corrected chi connectivity index (χ1v) is 12.0. The van der Waals surface area contributed by atoms with Crippen LogP contribution in [0.5, 0.6) is 0 Å². The molecule has 2 aliphatic rings. The number of carbonyl (C=O) groups is 2. The van der Waals surface area contributed by atoms with Crippen molar-refractivity contribution in [2.24, 2.45) is 11.3 Å². The SMILES string of the molecule is CCC(C)(C)C(NC(=O)C1=C(OCc2ccc(C(F)(F)F)cc2)C2C=C(C(F)F)SC2C=C1)C(=O)O. The third kappa shape index (κ3) is 6.11. The molecular formula is C25H26F5NO4S.